The van der Waals surface area contributed by atoms with Crippen molar-refractivity contribution in [1.29, 1.82) is 0 Å². The molecule has 0 bridgehead atoms. The molecule has 3 aromatic carbocycles. The van der Waals surface area contributed by atoms with Crippen molar-refractivity contribution in [2.45, 2.75) is 13.8 Å². The van der Waals surface area contributed by atoms with Crippen molar-refractivity contribution in [3.8, 4) is 17.1 Å². The van der Waals surface area contributed by atoms with Crippen molar-refractivity contribution >= 4 is 23.2 Å². The van der Waals surface area contributed by atoms with E-state index in [1.54, 1.807) is 16.8 Å². The number of halogens is 2. The van der Waals surface area contributed by atoms with Gasteiger partial charge in [0.05, 0.1) is 5.69 Å². The molecule has 0 saturated carbocycles. The standard InChI is InChI=1S/C23H18ClFN4O/c1-14-4-3-5-16(12-14)22-27-21(23(30)26-19-10-8-18(25)9-11-19)28-29(22)20-13-17(24)7-6-15(20)2/h3-13H,1-2H3,(H,26,30). The summed E-state index contributed by atoms with van der Waals surface area (Å²) < 4.78 is 14.8. The van der Waals surface area contributed by atoms with Crippen LogP contribution in [0.15, 0.2) is 66.7 Å². The molecule has 0 aliphatic carbocycles. The molecule has 0 radical (unpaired) electrons. The lowest BCUT2D eigenvalue weighted by atomic mass is 10.1. The number of hydrogen-bond donors (Lipinski definition) is 1. The van der Waals surface area contributed by atoms with Crippen LogP contribution < -0.4 is 5.32 Å². The zero-order valence-corrected chi connectivity index (χ0v) is 17.1. The summed E-state index contributed by atoms with van der Waals surface area (Å²) in [7, 11) is 0. The van der Waals surface area contributed by atoms with Crippen LogP contribution in [0.4, 0.5) is 10.1 Å². The first-order valence-electron chi connectivity index (χ1n) is 9.28. The summed E-state index contributed by atoms with van der Waals surface area (Å²) in [4.78, 5) is 17.3. The Morgan fingerprint density at radius 3 is 2.53 bits per heavy atom. The number of rotatable bonds is 4. The van der Waals surface area contributed by atoms with Crippen LogP contribution in [0.25, 0.3) is 17.1 Å². The summed E-state index contributed by atoms with van der Waals surface area (Å²) in [5.74, 6) is -0.356. The van der Waals surface area contributed by atoms with Crippen LogP contribution in [0, 0.1) is 19.7 Å². The Labute approximate surface area is 178 Å². The van der Waals surface area contributed by atoms with Crippen LogP contribution in [0.2, 0.25) is 5.02 Å². The van der Waals surface area contributed by atoms with Gasteiger partial charge in [0, 0.05) is 16.3 Å². The third kappa shape index (κ3) is 4.09. The fourth-order valence-electron chi connectivity index (χ4n) is 3.08. The second kappa shape index (κ2) is 8.08. The Bertz CT molecular complexity index is 1230. The third-order valence-electron chi connectivity index (χ3n) is 4.59. The van der Waals surface area contributed by atoms with E-state index in [1.165, 1.54) is 24.3 Å². The molecule has 0 saturated heterocycles. The van der Waals surface area contributed by atoms with Crippen molar-refractivity contribution in [2.24, 2.45) is 0 Å². The molecular formula is C23H18ClFN4O. The number of aryl methyl sites for hydroxylation is 2. The molecule has 7 heteroatoms. The molecule has 0 fully saturated rings. The molecule has 1 heterocycles. The molecule has 0 aliphatic rings. The lowest BCUT2D eigenvalue weighted by Crippen LogP contribution is -2.14. The summed E-state index contributed by atoms with van der Waals surface area (Å²) in [6.07, 6.45) is 0. The number of carbonyl (C=O) groups is 1. The SMILES string of the molecule is Cc1cccc(-c2nc(C(=O)Nc3ccc(F)cc3)nn2-c2cc(Cl)ccc2C)c1. The predicted octanol–water partition coefficient (Wildman–Crippen LogP) is 5.60. The van der Waals surface area contributed by atoms with E-state index in [1.807, 2.05) is 44.2 Å². The lowest BCUT2D eigenvalue weighted by molar-refractivity contribution is 0.101. The van der Waals surface area contributed by atoms with Crippen molar-refractivity contribution in [3.05, 3.63) is 94.5 Å². The molecule has 1 amide bonds. The average molecular weight is 421 g/mol. The quantitative estimate of drug-likeness (QED) is 0.467. The minimum atomic E-state index is -0.492. The molecule has 0 aliphatic heterocycles. The summed E-state index contributed by atoms with van der Waals surface area (Å²) in [5.41, 5.74) is 4.00. The van der Waals surface area contributed by atoms with Crippen molar-refractivity contribution in [3.63, 3.8) is 0 Å². The largest absolute Gasteiger partial charge is 0.319 e. The zero-order valence-electron chi connectivity index (χ0n) is 16.4. The third-order valence-corrected chi connectivity index (χ3v) is 4.82. The maximum atomic E-state index is 13.1. The Morgan fingerprint density at radius 2 is 1.80 bits per heavy atom. The second-order valence-electron chi connectivity index (χ2n) is 6.93. The Kier molecular flexibility index (Phi) is 5.33. The van der Waals surface area contributed by atoms with E-state index in [4.69, 9.17) is 11.6 Å². The van der Waals surface area contributed by atoms with E-state index >= 15 is 0 Å². The smallest absolute Gasteiger partial charge is 0.295 e. The van der Waals surface area contributed by atoms with Gasteiger partial charge in [0.15, 0.2) is 5.82 Å². The minimum absolute atomic E-state index is 0.00444. The first kappa shape index (κ1) is 19.8. The van der Waals surface area contributed by atoms with Gasteiger partial charge in [0.2, 0.25) is 5.82 Å². The Balaban J connectivity index is 1.80. The van der Waals surface area contributed by atoms with E-state index in [0.29, 0.717) is 16.5 Å². The average Bonchev–Trinajstić information content (AvgIpc) is 3.17. The van der Waals surface area contributed by atoms with Crippen LogP contribution >= 0.6 is 11.6 Å². The van der Waals surface area contributed by atoms with E-state index in [-0.39, 0.29) is 11.6 Å². The van der Waals surface area contributed by atoms with Gasteiger partial charge in [-0.15, -0.1) is 5.10 Å². The number of benzene rings is 3. The van der Waals surface area contributed by atoms with Crippen LogP contribution in [0.1, 0.15) is 21.7 Å². The summed E-state index contributed by atoms with van der Waals surface area (Å²) in [5, 5.41) is 7.71. The van der Waals surface area contributed by atoms with E-state index in [9.17, 15) is 9.18 Å². The zero-order chi connectivity index (χ0) is 21.3. The first-order valence-corrected chi connectivity index (χ1v) is 9.66. The Hall–Kier alpha value is -3.51. The number of nitrogens with zero attached hydrogens (tertiary/aromatic N) is 3. The van der Waals surface area contributed by atoms with Crippen molar-refractivity contribution in [1.82, 2.24) is 14.8 Å². The number of aromatic nitrogens is 3. The van der Waals surface area contributed by atoms with Gasteiger partial charge in [0.1, 0.15) is 5.82 Å². The van der Waals surface area contributed by atoms with Gasteiger partial charge in [-0.3, -0.25) is 4.79 Å². The molecule has 150 valence electrons. The highest BCUT2D eigenvalue weighted by molar-refractivity contribution is 6.30. The number of nitrogens with one attached hydrogen (secondary N) is 1. The maximum Gasteiger partial charge on any atom is 0.295 e. The van der Waals surface area contributed by atoms with Gasteiger partial charge in [-0.1, -0.05) is 41.4 Å². The molecular weight excluding hydrogens is 403 g/mol. The van der Waals surface area contributed by atoms with Crippen LogP contribution in [-0.2, 0) is 0 Å². The molecule has 0 unspecified atom stereocenters. The summed E-state index contributed by atoms with van der Waals surface area (Å²) in [6.45, 7) is 3.92. The monoisotopic (exact) mass is 420 g/mol. The molecule has 1 N–H and O–H groups in total. The fourth-order valence-corrected chi connectivity index (χ4v) is 3.24. The minimum Gasteiger partial charge on any atom is -0.319 e. The Morgan fingerprint density at radius 1 is 1.03 bits per heavy atom. The van der Waals surface area contributed by atoms with Gasteiger partial charge in [-0.05, 0) is 61.9 Å². The van der Waals surface area contributed by atoms with Gasteiger partial charge in [0.25, 0.3) is 5.91 Å². The molecule has 1 aromatic heterocycles. The number of amides is 1. The molecule has 0 spiro atoms. The lowest BCUT2D eigenvalue weighted by Gasteiger charge is -2.10. The highest BCUT2D eigenvalue weighted by atomic mass is 35.5. The fraction of sp³-hybridized carbons (Fsp3) is 0.0870. The highest BCUT2D eigenvalue weighted by Gasteiger charge is 2.20. The van der Waals surface area contributed by atoms with Crippen LogP contribution in [0.5, 0.6) is 0 Å². The van der Waals surface area contributed by atoms with Crippen molar-refractivity contribution < 1.29 is 9.18 Å². The number of anilines is 1. The topological polar surface area (TPSA) is 59.8 Å². The number of carbonyl (C=O) groups excluding carboxylic acids is 1. The van der Waals surface area contributed by atoms with Gasteiger partial charge in [-0.25, -0.2) is 14.1 Å². The van der Waals surface area contributed by atoms with E-state index in [0.717, 1.165) is 22.4 Å². The van der Waals surface area contributed by atoms with Gasteiger partial charge >= 0.3 is 0 Å². The maximum absolute atomic E-state index is 13.1. The molecule has 30 heavy (non-hydrogen) atoms. The van der Waals surface area contributed by atoms with E-state index < -0.39 is 5.91 Å². The van der Waals surface area contributed by atoms with Crippen LogP contribution in [0.3, 0.4) is 0 Å². The normalized spacial score (nSPS) is 10.8. The van der Waals surface area contributed by atoms with E-state index in [2.05, 4.69) is 15.4 Å². The van der Waals surface area contributed by atoms with Gasteiger partial charge in [-0.2, -0.15) is 0 Å². The summed E-state index contributed by atoms with van der Waals surface area (Å²) in [6, 6.07) is 18.8. The highest BCUT2D eigenvalue weighted by Crippen LogP contribution is 2.26. The predicted molar refractivity (Wildman–Crippen MR) is 116 cm³/mol. The number of hydrogen-bond acceptors (Lipinski definition) is 3. The van der Waals surface area contributed by atoms with Crippen molar-refractivity contribution in [2.75, 3.05) is 5.32 Å². The van der Waals surface area contributed by atoms with Crippen LogP contribution in [-0.4, -0.2) is 20.7 Å². The summed E-state index contributed by atoms with van der Waals surface area (Å²) >= 11 is 6.21. The molecule has 5 nitrogen and oxygen atoms in total. The first-order chi connectivity index (χ1) is 14.4. The molecule has 4 rings (SSSR count). The molecule has 0 atom stereocenters. The molecule has 4 aromatic rings. The second-order valence-corrected chi connectivity index (χ2v) is 7.37. The van der Waals surface area contributed by atoms with Gasteiger partial charge < -0.3 is 5.32 Å².